The molecule has 0 saturated heterocycles. The van der Waals surface area contributed by atoms with Gasteiger partial charge in [0.2, 0.25) is 0 Å². The summed E-state index contributed by atoms with van der Waals surface area (Å²) in [4.78, 5) is 9.30. The van der Waals surface area contributed by atoms with Gasteiger partial charge in [-0.1, -0.05) is 127 Å². The fraction of sp³-hybridized carbons (Fsp3) is 0.200. The molecule has 265 valence electrons. The Hall–Kier alpha value is -4.95. The van der Waals surface area contributed by atoms with Gasteiger partial charge in [-0.05, 0) is 95.4 Å². The van der Waals surface area contributed by atoms with Crippen molar-refractivity contribution in [1.29, 1.82) is 0 Å². The molecule has 0 bridgehead atoms. The van der Waals surface area contributed by atoms with Crippen LogP contribution in [-0.4, -0.2) is 9.97 Å². The van der Waals surface area contributed by atoms with Gasteiger partial charge in [-0.15, -0.1) is 65.2 Å². The van der Waals surface area contributed by atoms with Crippen LogP contribution in [-0.2, 0) is 32.9 Å². The van der Waals surface area contributed by atoms with Crippen LogP contribution in [0.2, 0.25) is 0 Å². The van der Waals surface area contributed by atoms with E-state index < -0.39 is 0 Å². The third kappa shape index (κ3) is 8.65. The first-order valence-corrected chi connectivity index (χ1v) is 18.8. The Bertz CT molecular complexity index is 2270. The van der Waals surface area contributed by atoms with E-state index in [0.717, 1.165) is 52.4 Å². The summed E-state index contributed by atoms with van der Waals surface area (Å²) in [5.74, 6) is 0.720. The molecule has 0 amide bonds. The number of aryl methyl sites for hydroxylation is 4. The van der Waals surface area contributed by atoms with Crippen molar-refractivity contribution in [3.8, 4) is 55.9 Å². The smallest absolute Gasteiger partial charge is 0.0190 e. The van der Waals surface area contributed by atoms with Gasteiger partial charge in [-0.25, -0.2) is 0 Å². The average molecular weight is 865 g/mol. The standard InChI is InChI=1S/C50H44N2.Ir/c1-35-12-27-49(52-34-35)43-17-15-37(16-18-43)13-14-38-30-36(2)31-46(32-38)48-11-7-6-10-47(48)42-23-25-44(26-24-42)50-33-45(28-29-51-50)41-21-19-40(20-22-41)39-8-4-3-5-9-39;/h6-7,10-12,15-17,19-25,27-34,39H,3-5,8-9,13-14H2,1-2H3;/q-2;. The van der Waals surface area contributed by atoms with Gasteiger partial charge in [-0.2, -0.15) is 0 Å². The first-order chi connectivity index (χ1) is 25.6. The monoisotopic (exact) mass is 865 g/mol. The predicted octanol–water partition coefficient (Wildman–Crippen LogP) is 12.9. The van der Waals surface area contributed by atoms with Gasteiger partial charge in [-0.3, -0.25) is 0 Å². The SMILES string of the molecule is Cc1ccc(-c2[c-]cc(CCc3cc(C)cc(-c4ccccc4-c4c[c-]c(-c5cc(-c6ccc(C7CCCCC7)cc6)ccn5)cc4)c3)cc2)nc1.[Ir]. The summed E-state index contributed by atoms with van der Waals surface area (Å²) in [6.07, 6.45) is 12.5. The van der Waals surface area contributed by atoms with Crippen LogP contribution in [0.15, 0.2) is 140 Å². The second kappa shape index (κ2) is 16.8. The van der Waals surface area contributed by atoms with Crippen molar-refractivity contribution in [3.63, 3.8) is 0 Å². The maximum Gasteiger partial charge on any atom is 0.0190 e. The summed E-state index contributed by atoms with van der Waals surface area (Å²) in [6.45, 7) is 4.26. The molecule has 1 aliphatic rings. The minimum absolute atomic E-state index is 0. The number of nitrogens with zero attached hydrogens (tertiary/aromatic N) is 2. The third-order valence-electron chi connectivity index (χ3n) is 10.6. The fourth-order valence-corrected chi connectivity index (χ4v) is 7.73. The molecule has 0 unspecified atom stereocenters. The van der Waals surface area contributed by atoms with Gasteiger partial charge in [0.05, 0.1) is 0 Å². The molecule has 1 fully saturated rings. The number of hydrogen-bond donors (Lipinski definition) is 0. The summed E-state index contributed by atoms with van der Waals surface area (Å²) < 4.78 is 0. The summed E-state index contributed by atoms with van der Waals surface area (Å²) in [7, 11) is 0. The molecule has 2 aromatic heterocycles. The topological polar surface area (TPSA) is 25.8 Å². The maximum atomic E-state index is 4.74. The Labute approximate surface area is 328 Å². The molecule has 0 atom stereocenters. The Balaban J connectivity index is 0.00000435. The van der Waals surface area contributed by atoms with E-state index in [2.05, 4.69) is 158 Å². The largest absolute Gasteiger partial charge is 0.305 e. The number of aromatic nitrogens is 2. The van der Waals surface area contributed by atoms with Crippen molar-refractivity contribution in [2.24, 2.45) is 0 Å². The van der Waals surface area contributed by atoms with E-state index in [4.69, 9.17) is 4.98 Å². The van der Waals surface area contributed by atoms with Crippen molar-refractivity contribution in [3.05, 3.63) is 180 Å². The zero-order valence-corrected chi connectivity index (χ0v) is 32.9. The Morgan fingerprint density at radius 1 is 0.547 bits per heavy atom. The fourth-order valence-electron chi connectivity index (χ4n) is 7.73. The zero-order chi connectivity index (χ0) is 35.3. The van der Waals surface area contributed by atoms with Crippen LogP contribution in [0.1, 0.15) is 65.8 Å². The zero-order valence-electron chi connectivity index (χ0n) is 30.5. The minimum Gasteiger partial charge on any atom is -0.305 e. The van der Waals surface area contributed by atoms with Crippen LogP contribution >= 0.6 is 0 Å². The first kappa shape index (κ1) is 36.4. The van der Waals surface area contributed by atoms with Crippen molar-refractivity contribution >= 4 is 0 Å². The van der Waals surface area contributed by atoms with Crippen LogP contribution in [0.4, 0.5) is 0 Å². The number of pyridine rings is 2. The van der Waals surface area contributed by atoms with E-state index >= 15 is 0 Å². The van der Waals surface area contributed by atoms with Crippen molar-refractivity contribution in [2.45, 2.75) is 64.7 Å². The summed E-state index contributed by atoms with van der Waals surface area (Å²) in [6, 6.07) is 53.3. The van der Waals surface area contributed by atoms with Gasteiger partial charge >= 0.3 is 0 Å². The quantitative estimate of drug-likeness (QED) is 0.135. The van der Waals surface area contributed by atoms with Crippen molar-refractivity contribution in [2.75, 3.05) is 0 Å². The number of rotatable bonds is 9. The van der Waals surface area contributed by atoms with Gasteiger partial charge in [0.1, 0.15) is 0 Å². The third-order valence-corrected chi connectivity index (χ3v) is 10.6. The molecule has 5 aromatic carbocycles. The molecule has 7 aromatic rings. The van der Waals surface area contributed by atoms with Crippen LogP contribution < -0.4 is 0 Å². The van der Waals surface area contributed by atoms with E-state index in [1.54, 1.807) is 0 Å². The Morgan fingerprint density at radius 2 is 1.26 bits per heavy atom. The predicted molar refractivity (Wildman–Crippen MR) is 216 cm³/mol. The van der Waals surface area contributed by atoms with E-state index in [0.29, 0.717) is 0 Å². The summed E-state index contributed by atoms with van der Waals surface area (Å²) >= 11 is 0. The normalized spacial score (nSPS) is 13.0. The molecule has 2 nitrogen and oxygen atoms in total. The van der Waals surface area contributed by atoms with Crippen LogP contribution in [0.5, 0.6) is 0 Å². The van der Waals surface area contributed by atoms with Crippen molar-refractivity contribution < 1.29 is 20.1 Å². The van der Waals surface area contributed by atoms with E-state index in [-0.39, 0.29) is 20.1 Å². The average Bonchev–Trinajstić information content (AvgIpc) is 3.21. The molecule has 8 rings (SSSR count). The number of benzene rings is 5. The van der Waals surface area contributed by atoms with Gasteiger partial charge in [0.25, 0.3) is 0 Å². The molecule has 1 aliphatic carbocycles. The Morgan fingerprint density at radius 3 is 1.98 bits per heavy atom. The second-order valence-electron chi connectivity index (χ2n) is 14.5. The van der Waals surface area contributed by atoms with Gasteiger partial charge in [0, 0.05) is 32.5 Å². The summed E-state index contributed by atoms with van der Waals surface area (Å²) in [5.41, 5.74) is 17.7. The van der Waals surface area contributed by atoms with E-state index in [1.807, 2.05) is 12.4 Å². The molecular weight excluding hydrogens is 821 g/mol. The van der Waals surface area contributed by atoms with Gasteiger partial charge in [0.15, 0.2) is 0 Å². The number of hydrogen-bond acceptors (Lipinski definition) is 2. The maximum absolute atomic E-state index is 4.74. The molecular formula is C50H44IrN2-2. The molecule has 53 heavy (non-hydrogen) atoms. The van der Waals surface area contributed by atoms with E-state index in [1.165, 1.54) is 82.2 Å². The second-order valence-corrected chi connectivity index (χ2v) is 14.5. The van der Waals surface area contributed by atoms with Crippen LogP contribution in [0.25, 0.3) is 55.9 Å². The van der Waals surface area contributed by atoms with Crippen molar-refractivity contribution in [1.82, 2.24) is 9.97 Å². The molecule has 3 heteroatoms. The van der Waals surface area contributed by atoms with E-state index in [9.17, 15) is 0 Å². The molecule has 1 saturated carbocycles. The van der Waals surface area contributed by atoms with Crippen LogP contribution in [0, 0.1) is 26.0 Å². The first-order valence-electron chi connectivity index (χ1n) is 18.8. The molecule has 0 N–H and O–H groups in total. The van der Waals surface area contributed by atoms with Crippen LogP contribution in [0.3, 0.4) is 0 Å². The van der Waals surface area contributed by atoms with Gasteiger partial charge < -0.3 is 9.97 Å². The minimum atomic E-state index is 0. The summed E-state index contributed by atoms with van der Waals surface area (Å²) in [5, 5.41) is 0. The molecule has 0 aliphatic heterocycles. The Kier molecular flexibility index (Phi) is 11.5. The molecule has 1 radical (unpaired) electrons. The molecule has 2 heterocycles. The molecule has 0 spiro atoms.